The predicted molar refractivity (Wildman–Crippen MR) is 72.8 cm³/mol. The molecule has 0 saturated carbocycles. The zero-order chi connectivity index (χ0) is 13.8. The first-order chi connectivity index (χ1) is 7.58. The van der Waals surface area contributed by atoms with Crippen LogP contribution in [-0.2, 0) is 4.79 Å². The van der Waals surface area contributed by atoms with Gasteiger partial charge in [-0.15, -0.1) is 0 Å². The van der Waals surface area contributed by atoms with Crippen LogP contribution in [0.4, 0.5) is 0 Å². The largest absolute Gasteiger partial charge is 0.353 e. The number of nitrogens with zero attached hydrogens (tertiary/aromatic N) is 1. The zero-order valence-electron chi connectivity index (χ0n) is 12.4. The summed E-state index contributed by atoms with van der Waals surface area (Å²) < 4.78 is 0. The van der Waals surface area contributed by atoms with Crippen LogP contribution in [0.25, 0.3) is 0 Å². The molecule has 3 atom stereocenters. The lowest BCUT2D eigenvalue weighted by atomic mass is 9.84. The summed E-state index contributed by atoms with van der Waals surface area (Å²) in [5.41, 5.74) is 5.77. The van der Waals surface area contributed by atoms with Crippen LogP contribution in [-0.4, -0.2) is 43.5 Å². The summed E-state index contributed by atoms with van der Waals surface area (Å²) in [6, 6.07) is 0.0118. The number of rotatable bonds is 6. The number of hydrogen-bond acceptors (Lipinski definition) is 3. The predicted octanol–water partition coefficient (Wildman–Crippen LogP) is 1.06. The summed E-state index contributed by atoms with van der Waals surface area (Å²) in [7, 11) is 4.09. The highest BCUT2D eigenvalue weighted by atomic mass is 16.2. The molecule has 0 spiro atoms. The van der Waals surface area contributed by atoms with Crippen molar-refractivity contribution in [2.45, 2.75) is 46.7 Å². The Morgan fingerprint density at radius 2 is 1.76 bits per heavy atom. The minimum absolute atomic E-state index is 0.0384. The van der Waals surface area contributed by atoms with Gasteiger partial charge in [0.15, 0.2) is 0 Å². The summed E-state index contributed by atoms with van der Waals surface area (Å²) in [6.45, 7) is 11.0. The number of hydrogen-bond donors (Lipinski definition) is 2. The lowest BCUT2D eigenvalue weighted by Crippen LogP contribution is -2.50. The Bertz CT molecular complexity index is 249. The highest BCUT2D eigenvalue weighted by Crippen LogP contribution is 2.21. The lowest BCUT2D eigenvalue weighted by molar-refractivity contribution is -0.126. The summed E-state index contributed by atoms with van der Waals surface area (Å²) in [5.74, 6) is -0.105. The molecule has 0 saturated heterocycles. The Labute approximate surface area is 106 Å². The SMILES string of the molecule is CC(N)C(C)C(=O)NC(C)C(C)(C)CN(C)C. The van der Waals surface area contributed by atoms with Crippen molar-refractivity contribution >= 4 is 5.91 Å². The summed E-state index contributed by atoms with van der Waals surface area (Å²) in [5, 5.41) is 3.06. The normalized spacial score (nSPS) is 17.7. The van der Waals surface area contributed by atoms with Gasteiger partial charge >= 0.3 is 0 Å². The van der Waals surface area contributed by atoms with Gasteiger partial charge in [-0.05, 0) is 33.4 Å². The van der Waals surface area contributed by atoms with Crippen LogP contribution in [0, 0.1) is 11.3 Å². The molecule has 3 unspecified atom stereocenters. The smallest absolute Gasteiger partial charge is 0.224 e. The van der Waals surface area contributed by atoms with E-state index in [0.29, 0.717) is 0 Å². The van der Waals surface area contributed by atoms with Crippen LogP contribution in [0.3, 0.4) is 0 Å². The van der Waals surface area contributed by atoms with Crippen molar-refractivity contribution in [1.29, 1.82) is 0 Å². The van der Waals surface area contributed by atoms with Gasteiger partial charge in [0.1, 0.15) is 0 Å². The van der Waals surface area contributed by atoms with Crippen LogP contribution >= 0.6 is 0 Å². The second-order valence-corrected chi connectivity index (χ2v) is 6.10. The fourth-order valence-corrected chi connectivity index (χ4v) is 1.73. The van der Waals surface area contributed by atoms with Crippen LogP contribution in [0.15, 0.2) is 0 Å². The fraction of sp³-hybridized carbons (Fsp3) is 0.923. The molecule has 0 fully saturated rings. The van der Waals surface area contributed by atoms with Crippen LogP contribution < -0.4 is 11.1 Å². The van der Waals surface area contributed by atoms with E-state index in [0.717, 1.165) is 6.54 Å². The first kappa shape index (κ1) is 16.4. The quantitative estimate of drug-likeness (QED) is 0.733. The molecule has 0 aliphatic carbocycles. The van der Waals surface area contributed by atoms with E-state index in [-0.39, 0.29) is 29.3 Å². The van der Waals surface area contributed by atoms with Crippen molar-refractivity contribution in [2.24, 2.45) is 17.1 Å². The van der Waals surface area contributed by atoms with Crippen molar-refractivity contribution < 1.29 is 4.79 Å². The summed E-state index contributed by atoms with van der Waals surface area (Å²) >= 11 is 0. The standard InChI is InChI=1S/C13H29N3O/c1-9(10(2)14)12(17)15-11(3)13(4,5)8-16(6)7/h9-11H,8,14H2,1-7H3,(H,15,17). The maximum atomic E-state index is 11.9. The molecule has 1 amide bonds. The summed E-state index contributed by atoms with van der Waals surface area (Å²) in [4.78, 5) is 14.1. The topological polar surface area (TPSA) is 58.4 Å². The molecule has 17 heavy (non-hydrogen) atoms. The van der Waals surface area contributed by atoms with E-state index in [2.05, 4.69) is 31.0 Å². The molecular formula is C13H29N3O. The molecule has 102 valence electrons. The zero-order valence-corrected chi connectivity index (χ0v) is 12.4. The number of nitrogens with two attached hydrogens (primary N) is 1. The van der Waals surface area contributed by atoms with Gasteiger partial charge < -0.3 is 16.0 Å². The lowest BCUT2D eigenvalue weighted by Gasteiger charge is -2.35. The molecule has 4 heteroatoms. The first-order valence-electron chi connectivity index (χ1n) is 6.28. The van der Waals surface area contributed by atoms with Crippen LogP contribution in [0.5, 0.6) is 0 Å². The van der Waals surface area contributed by atoms with Crippen molar-refractivity contribution in [3.8, 4) is 0 Å². The third-order valence-electron chi connectivity index (χ3n) is 3.46. The maximum Gasteiger partial charge on any atom is 0.224 e. The average Bonchev–Trinajstić information content (AvgIpc) is 2.13. The number of carbonyl (C=O) groups excluding carboxylic acids is 1. The number of carbonyl (C=O) groups is 1. The van der Waals surface area contributed by atoms with E-state index in [9.17, 15) is 4.79 Å². The Balaban J connectivity index is 4.43. The summed E-state index contributed by atoms with van der Waals surface area (Å²) in [6.07, 6.45) is 0. The van der Waals surface area contributed by atoms with Gasteiger partial charge in [0.2, 0.25) is 5.91 Å². The Kier molecular flexibility index (Phi) is 6.13. The highest BCUT2D eigenvalue weighted by molar-refractivity contribution is 5.79. The molecular weight excluding hydrogens is 214 g/mol. The van der Waals surface area contributed by atoms with Crippen LogP contribution in [0.1, 0.15) is 34.6 Å². The van der Waals surface area contributed by atoms with Gasteiger partial charge in [-0.1, -0.05) is 20.8 Å². The Hall–Kier alpha value is -0.610. The average molecular weight is 243 g/mol. The molecule has 3 N–H and O–H groups in total. The van der Waals surface area contributed by atoms with Crippen molar-refractivity contribution in [1.82, 2.24) is 10.2 Å². The minimum atomic E-state index is -0.146. The van der Waals surface area contributed by atoms with Crippen molar-refractivity contribution in [3.05, 3.63) is 0 Å². The molecule has 0 aromatic heterocycles. The molecule has 0 heterocycles. The Morgan fingerprint density at radius 3 is 2.12 bits per heavy atom. The fourth-order valence-electron chi connectivity index (χ4n) is 1.73. The first-order valence-corrected chi connectivity index (χ1v) is 6.28. The second-order valence-electron chi connectivity index (χ2n) is 6.10. The van der Waals surface area contributed by atoms with E-state index in [1.165, 1.54) is 0 Å². The third-order valence-corrected chi connectivity index (χ3v) is 3.46. The van der Waals surface area contributed by atoms with E-state index in [1.54, 1.807) is 0 Å². The van der Waals surface area contributed by atoms with Crippen molar-refractivity contribution in [3.63, 3.8) is 0 Å². The molecule has 0 aromatic carbocycles. The third kappa shape index (κ3) is 5.50. The number of amides is 1. The molecule has 4 nitrogen and oxygen atoms in total. The van der Waals surface area contributed by atoms with E-state index >= 15 is 0 Å². The van der Waals surface area contributed by atoms with Gasteiger partial charge in [-0.25, -0.2) is 0 Å². The molecule has 0 bridgehead atoms. The van der Waals surface area contributed by atoms with Gasteiger partial charge in [0, 0.05) is 24.5 Å². The van der Waals surface area contributed by atoms with Gasteiger partial charge in [0.25, 0.3) is 0 Å². The molecule has 0 aromatic rings. The van der Waals surface area contributed by atoms with E-state index < -0.39 is 0 Å². The second kappa shape index (κ2) is 6.36. The Morgan fingerprint density at radius 1 is 1.29 bits per heavy atom. The molecule has 0 aliphatic rings. The van der Waals surface area contributed by atoms with Gasteiger partial charge in [0.05, 0.1) is 0 Å². The molecule has 0 rings (SSSR count). The van der Waals surface area contributed by atoms with E-state index in [4.69, 9.17) is 5.73 Å². The molecule has 0 aliphatic heterocycles. The minimum Gasteiger partial charge on any atom is -0.353 e. The molecule has 0 radical (unpaired) electrons. The van der Waals surface area contributed by atoms with Crippen LogP contribution in [0.2, 0.25) is 0 Å². The van der Waals surface area contributed by atoms with Gasteiger partial charge in [-0.2, -0.15) is 0 Å². The highest BCUT2D eigenvalue weighted by Gasteiger charge is 2.29. The monoisotopic (exact) mass is 243 g/mol. The van der Waals surface area contributed by atoms with Crippen molar-refractivity contribution in [2.75, 3.05) is 20.6 Å². The van der Waals surface area contributed by atoms with Gasteiger partial charge in [-0.3, -0.25) is 4.79 Å². The number of nitrogens with one attached hydrogen (secondary N) is 1. The van der Waals surface area contributed by atoms with E-state index in [1.807, 2.05) is 27.9 Å². The maximum absolute atomic E-state index is 11.9.